The molecule has 0 radical (unpaired) electrons. The Morgan fingerprint density at radius 2 is 0.455 bits per heavy atom. The van der Waals surface area contributed by atoms with E-state index in [2.05, 4.69) is 195 Å². The average Bonchev–Trinajstić information content (AvgIpc) is 3.27. The van der Waals surface area contributed by atoms with Crippen LogP contribution in [0, 0.1) is 6.92 Å². The molecule has 0 bridgehead atoms. The van der Waals surface area contributed by atoms with Gasteiger partial charge in [-0.2, -0.15) is 0 Å². The minimum Gasteiger partial charge on any atom is -0.208 e. The molecule has 0 N–H and O–H groups in total. The molecular weight excluding hydrogens is 667 g/mol. The van der Waals surface area contributed by atoms with E-state index in [0.717, 1.165) is 50.1 Å². The second-order valence-corrected chi connectivity index (χ2v) is 13.8. The van der Waals surface area contributed by atoms with Crippen molar-refractivity contribution in [3.63, 3.8) is 0 Å². The molecule has 0 atom stereocenters. The molecule has 0 saturated carbocycles. The smallest absolute Gasteiger partial charge is 0.164 e. The van der Waals surface area contributed by atoms with Gasteiger partial charge in [0.05, 0.1) is 0 Å². The number of rotatable bonds is 8. The quantitative estimate of drug-likeness (QED) is 0.158. The summed E-state index contributed by atoms with van der Waals surface area (Å²) in [6, 6.07) is 72.4. The van der Waals surface area contributed by atoms with Crippen molar-refractivity contribution in [2.75, 3.05) is 0 Å². The molecule has 9 aromatic rings. The predicted octanol–water partition coefficient (Wildman–Crippen LogP) is 13.5. The van der Waals surface area contributed by atoms with Crippen LogP contribution in [-0.2, 0) is 0 Å². The third kappa shape index (κ3) is 7.37. The van der Waals surface area contributed by atoms with Crippen LogP contribution in [0.4, 0.5) is 0 Å². The van der Waals surface area contributed by atoms with Crippen LogP contribution in [-0.4, -0.2) is 15.0 Å². The Bertz CT molecular complexity index is 2590. The molecular formula is C52H37N3. The van der Waals surface area contributed by atoms with E-state index in [1.807, 2.05) is 18.2 Å². The van der Waals surface area contributed by atoms with Crippen LogP contribution >= 0.6 is 0 Å². The highest BCUT2D eigenvalue weighted by Crippen LogP contribution is 2.35. The van der Waals surface area contributed by atoms with Gasteiger partial charge >= 0.3 is 0 Å². The molecule has 0 unspecified atom stereocenters. The number of nitrogens with zero attached hydrogens (tertiary/aromatic N) is 3. The Hall–Kier alpha value is -7.23. The van der Waals surface area contributed by atoms with E-state index < -0.39 is 0 Å². The van der Waals surface area contributed by atoms with Gasteiger partial charge in [0.1, 0.15) is 0 Å². The van der Waals surface area contributed by atoms with Crippen LogP contribution in [0.5, 0.6) is 0 Å². The molecule has 0 fully saturated rings. The van der Waals surface area contributed by atoms with Gasteiger partial charge < -0.3 is 0 Å². The molecule has 9 rings (SSSR count). The number of benzene rings is 8. The van der Waals surface area contributed by atoms with E-state index >= 15 is 0 Å². The first-order chi connectivity index (χ1) is 27.1. The maximum absolute atomic E-state index is 5.18. The number of hydrogen-bond acceptors (Lipinski definition) is 3. The second-order valence-electron chi connectivity index (χ2n) is 13.8. The first-order valence-electron chi connectivity index (χ1n) is 18.6. The normalized spacial score (nSPS) is 11.0. The summed E-state index contributed by atoms with van der Waals surface area (Å²) < 4.78 is 0. The van der Waals surface area contributed by atoms with Crippen LogP contribution < -0.4 is 0 Å². The van der Waals surface area contributed by atoms with Gasteiger partial charge in [-0.1, -0.05) is 194 Å². The minimum atomic E-state index is 0.621. The van der Waals surface area contributed by atoms with Crippen LogP contribution in [0.15, 0.2) is 206 Å². The highest BCUT2D eigenvalue weighted by atomic mass is 15.0. The Morgan fingerprint density at radius 1 is 0.218 bits per heavy atom. The number of aryl methyl sites for hydroxylation is 1. The number of hydrogen-bond donors (Lipinski definition) is 0. The molecule has 1 heterocycles. The maximum Gasteiger partial charge on any atom is 0.164 e. The van der Waals surface area contributed by atoms with Crippen molar-refractivity contribution in [1.82, 2.24) is 15.0 Å². The Kier molecular flexibility index (Phi) is 9.17. The van der Waals surface area contributed by atoms with Gasteiger partial charge in [-0.15, -0.1) is 0 Å². The first kappa shape index (κ1) is 33.6. The molecule has 8 aromatic carbocycles. The Labute approximate surface area is 322 Å². The molecule has 3 heteroatoms. The minimum absolute atomic E-state index is 0.621. The second kappa shape index (κ2) is 15.0. The molecule has 0 amide bonds. The van der Waals surface area contributed by atoms with E-state index in [-0.39, 0.29) is 0 Å². The molecule has 0 aliphatic heterocycles. The van der Waals surface area contributed by atoms with Gasteiger partial charge in [0.25, 0.3) is 0 Å². The zero-order valence-corrected chi connectivity index (χ0v) is 30.5. The van der Waals surface area contributed by atoms with Crippen LogP contribution in [0.3, 0.4) is 0 Å². The van der Waals surface area contributed by atoms with E-state index in [1.54, 1.807) is 0 Å². The standard InChI is InChI=1S/C52H37N3/c1-36-17-19-43(20-18-36)47-33-48(44-23-21-40(22-24-44)37-11-5-2-6-12-37)35-49(34-47)52-54-50(45-29-25-41(26-30-45)38-13-7-3-8-14-38)53-51(55-52)46-31-27-42(28-32-46)39-15-9-4-10-16-39/h2-35H,1H3. The summed E-state index contributed by atoms with van der Waals surface area (Å²) >= 11 is 0. The maximum atomic E-state index is 5.18. The lowest BCUT2D eigenvalue weighted by Gasteiger charge is -2.13. The predicted molar refractivity (Wildman–Crippen MR) is 228 cm³/mol. The van der Waals surface area contributed by atoms with Crippen molar-refractivity contribution in [1.29, 1.82) is 0 Å². The molecule has 0 aliphatic rings. The van der Waals surface area contributed by atoms with Crippen molar-refractivity contribution < 1.29 is 0 Å². The van der Waals surface area contributed by atoms with Crippen molar-refractivity contribution >= 4 is 0 Å². The molecule has 1 aromatic heterocycles. The lowest BCUT2D eigenvalue weighted by molar-refractivity contribution is 1.07. The van der Waals surface area contributed by atoms with Crippen molar-refractivity contribution in [3.05, 3.63) is 212 Å². The molecule has 0 aliphatic carbocycles. The summed E-state index contributed by atoms with van der Waals surface area (Å²) in [4.78, 5) is 15.5. The van der Waals surface area contributed by atoms with E-state index in [0.29, 0.717) is 17.5 Å². The zero-order valence-electron chi connectivity index (χ0n) is 30.5. The van der Waals surface area contributed by atoms with Gasteiger partial charge in [-0.3, -0.25) is 0 Å². The van der Waals surface area contributed by atoms with Gasteiger partial charge in [0.2, 0.25) is 0 Å². The lowest BCUT2D eigenvalue weighted by atomic mass is 9.94. The van der Waals surface area contributed by atoms with Crippen LogP contribution in [0.2, 0.25) is 0 Å². The molecule has 260 valence electrons. The lowest BCUT2D eigenvalue weighted by Crippen LogP contribution is -2.00. The van der Waals surface area contributed by atoms with E-state index in [4.69, 9.17) is 15.0 Å². The topological polar surface area (TPSA) is 38.7 Å². The summed E-state index contributed by atoms with van der Waals surface area (Å²) in [7, 11) is 0. The Morgan fingerprint density at radius 3 is 0.800 bits per heavy atom. The van der Waals surface area contributed by atoms with Crippen molar-refractivity contribution in [3.8, 4) is 89.8 Å². The summed E-state index contributed by atoms with van der Waals surface area (Å²) in [5.74, 6) is 1.87. The van der Waals surface area contributed by atoms with Crippen molar-refractivity contribution in [2.45, 2.75) is 6.92 Å². The fourth-order valence-corrected chi connectivity index (χ4v) is 6.97. The van der Waals surface area contributed by atoms with E-state index in [1.165, 1.54) is 27.8 Å². The highest BCUT2D eigenvalue weighted by molar-refractivity contribution is 5.82. The monoisotopic (exact) mass is 703 g/mol. The SMILES string of the molecule is Cc1ccc(-c2cc(-c3ccc(-c4ccccc4)cc3)cc(-c3nc(-c4ccc(-c5ccccc5)cc4)nc(-c4ccc(-c5ccccc5)cc4)n3)c2)cc1. The zero-order chi connectivity index (χ0) is 37.0. The van der Waals surface area contributed by atoms with Gasteiger partial charge in [-0.25, -0.2) is 15.0 Å². The average molecular weight is 704 g/mol. The summed E-state index contributed by atoms with van der Waals surface area (Å²) in [5.41, 5.74) is 15.5. The molecule has 0 spiro atoms. The third-order valence-corrected chi connectivity index (χ3v) is 10.0. The fraction of sp³-hybridized carbons (Fsp3) is 0.0192. The highest BCUT2D eigenvalue weighted by Gasteiger charge is 2.16. The fourth-order valence-electron chi connectivity index (χ4n) is 6.97. The van der Waals surface area contributed by atoms with Crippen LogP contribution in [0.25, 0.3) is 89.8 Å². The summed E-state index contributed by atoms with van der Waals surface area (Å²) in [6.45, 7) is 2.12. The van der Waals surface area contributed by atoms with Gasteiger partial charge in [0, 0.05) is 16.7 Å². The molecule has 0 saturated heterocycles. The molecule has 3 nitrogen and oxygen atoms in total. The first-order valence-corrected chi connectivity index (χ1v) is 18.6. The number of aromatic nitrogens is 3. The van der Waals surface area contributed by atoms with Gasteiger partial charge in [0.15, 0.2) is 17.5 Å². The molecule has 55 heavy (non-hydrogen) atoms. The summed E-state index contributed by atoms with van der Waals surface area (Å²) in [5, 5.41) is 0. The van der Waals surface area contributed by atoms with Crippen molar-refractivity contribution in [2.24, 2.45) is 0 Å². The van der Waals surface area contributed by atoms with Gasteiger partial charge in [-0.05, 0) is 80.8 Å². The largest absolute Gasteiger partial charge is 0.208 e. The van der Waals surface area contributed by atoms with E-state index in [9.17, 15) is 0 Å². The van der Waals surface area contributed by atoms with Crippen LogP contribution in [0.1, 0.15) is 5.56 Å². The third-order valence-electron chi connectivity index (χ3n) is 10.0. The Balaban J connectivity index is 1.18. The summed E-state index contributed by atoms with van der Waals surface area (Å²) in [6.07, 6.45) is 0.